The monoisotopic (exact) mass is 266 g/mol. The Hall–Kier alpha value is -1.32. The van der Waals surface area contributed by atoms with Crippen molar-refractivity contribution in [2.75, 3.05) is 0 Å². The Bertz CT molecular complexity index is 474. The van der Waals surface area contributed by atoms with Gasteiger partial charge in [-0.3, -0.25) is 9.78 Å². The zero-order chi connectivity index (χ0) is 14.1. The van der Waals surface area contributed by atoms with Crippen LogP contribution < -0.4 is 11.2 Å². The molecule has 1 aromatic rings. The number of nitrogens with zero attached hydrogens (tertiary/aromatic N) is 1. The first-order chi connectivity index (χ1) is 9.15. The lowest BCUT2D eigenvalue weighted by molar-refractivity contribution is 0.531. The molecule has 0 aliphatic rings. The molecule has 1 aromatic heterocycles. The summed E-state index contributed by atoms with van der Waals surface area (Å²) in [5.74, 6) is 0. The smallest absolute Gasteiger partial charge is 0.300 e. The van der Waals surface area contributed by atoms with E-state index < -0.39 is 0 Å². The molecule has 0 unspecified atom stereocenters. The number of nitrogens with one attached hydrogen (secondary N) is 1. The van der Waals surface area contributed by atoms with E-state index in [1.165, 1.54) is 38.5 Å². The first-order valence-electron chi connectivity index (χ1n) is 7.45. The van der Waals surface area contributed by atoms with Crippen molar-refractivity contribution in [3.05, 3.63) is 32.6 Å². The van der Waals surface area contributed by atoms with Gasteiger partial charge in [0.15, 0.2) is 0 Å². The van der Waals surface area contributed by atoms with Crippen LogP contribution in [0.5, 0.6) is 0 Å². The highest BCUT2D eigenvalue weighted by Crippen LogP contribution is 2.08. The van der Waals surface area contributed by atoms with Crippen LogP contribution >= 0.6 is 0 Å². The molecule has 1 rings (SSSR count). The average molecular weight is 266 g/mol. The molecule has 1 heterocycles. The van der Waals surface area contributed by atoms with E-state index in [0.29, 0.717) is 12.1 Å². The largest absolute Gasteiger partial charge is 0.328 e. The molecular formula is C15H26N2O2. The molecule has 0 radical (unpaired) electrons. The molecule has 4 heteroatoms. The Labute approximate surface area is 114 Å². The minimum atomic E-state index is -0.293. The summed E-state index contributed by atoms with van der Waals surface area (Å²) in [6.07, 6.45) is 11.6. The van der Waals surface area contributed by atoms with Crippen LogP contribution in [0.15, 0.2) is 15.8 Å². The van der Waals surface area contributed by atoms with E-state index in [1.54, 1.807) is 17.7 Å². The number of rotatable bonds is 9. The third-order valence-electron chi connectivity index (χ3n) is 3.44. The van der Waals surface area contributed by atoms with E-state index in [9.17, 15) is 9.59 Å². The van der Waals surface area contributed by atoms with Crippen LogP contribution in [0.2, 0.25) is 0 Å². The van der Waals surface area contributed by atoms with Gasteiger partial charge in [-0.25, -0.2) is 4.79 Å². The van der Waals surface area contributed by atoms with E-state index in [-0.39, 0.29) is 11.2 Å². The fourth-order valence-corrected chi connectivity index (χ4v) is 2.20. The number of hydrogen-bond acceptors (Lipinski definition) is 2. The van der Waals surface area contributed by atoms with Gasteiger partial charge >= 0.3 is 5.69 Å². The van der Waals surface area contributed by atoms with Gasteiger partial charge in [-0.2, -0.15) is 0 Å². The van der Waals surface area contributed by atoms with E-state index in [4.69, 9.17) is 0 Å². The SMILES string of the molecule is CCCCCCCCCCn1cc(C)c(=O)[nH]c1=O. The maximum absolute atomic E-state index is 11.5. The lowest BCUT2D eigenvalue weighted by Gasteiger charge is -2.05. The lowest BCUT2D eigenvalue weighted by Crippen LogP contribution is -2.30. The number of aromatic amines is 1. The van der Waals surface area contributed by atoms with Crippen molar-refractivity contribution >= 4 is 0 Å². The van der Waals surface area contributed by atoms with Crippen molar-refractivity contribution in [3.63, 3.8) is 0 Å². The van der Waals surface area contributed by atoms with Crippen molar-refractivity contribution in [1.29, 1.82) is 0 Å². The number of aryl methyl sites for hydroxylation is 2. The second-order valence-corrected chi connectivity index (χ2v) is 5.24. The number of unbranched alkanes of at least 4 members (excludes halogenated alkanes) is 7. The fourth-order valence-electron chi connectivity index (χ4n) is 2.20. The Balaban J connectivity index is 2.21. The second kappa shape index (κ2) is 8.73. The summed E-state index contributed by atoms with van der Waals surface area (Å²) >= 11 is 0. The van der Waals surface area contributed by atoms with Crippen LogP contribution in [0.3, 0.4) is 0 Å². The minimum absolute atomic E-state index is 0.280. The highest BCUT2D eigenvalue weighted by atomic mass is 16.2. The summed E-state index contributed by atoms with van der Waals surface area (Å²) in [6, 6.07) is 0. The minimum Gasteiger partial charge on any atom is -0.300 e. The average Bonchev–Trinajstić information content (AvgIpc) is 2.38. The van der Waals surface area contributed by atoms with Crippen LogP contribution in [0.4, 0.5) is 0 Å². The molecule has 0 aliphatic carbocycles. The number of H-pyrrole nitrogens is 1. The highest BCUT2D eigenvalue weighted by molar-refractivity contribution is 5.00. The van der Waals surface area contributed by atoms with Crippen LogP contribution in [-0.4, -0.2) is 9.55 Å². The zero-order valence-corrected chi connectivity index (χ0v) is 12.2. The van der Waals surface area contributed by atoms with E-state index >= 15 is 0 Å². The maximum Gasteiger partial charge on any atom is 0.328 e. The topological polar surface area (TPSA) is 54.9 Å². The van der Waals surface area contributed by atoms with Gasteiger partial charge in [-0.15, -0.1) is 0 Å². The van der Waals surface area contributed by atoms with Gasteiger partial charge in [0.05, 0.1) is 0 Å². The molecule has 19 heavy (non-hydrogen) atoms. The number of hydrogen-bond donors (Lipinski definition) is 1. The normalized spacial score (nSPS) is 10.8. The van der Waals surface area contributed by atoms with Gasteiger partial charge in [-0.1, -0.05) is 51.9 Å². The summed E-state index contributed by atoms with van der Waals surface area (Å²) in [6.45, 7) is 4.65. The third-order valence-corrected chi connectivity index (χ3v) is 3.44. The van der Waals surface area contributed by atoms with E-state index in [1.807, 2.05) is 0 Å². The molecule has 0 bridgehead atoms. The molecule has 0 amide bonds. The van der Waals surface area contributed by atoms with Crippen LogP contribution in [-0.2, 0) is 6.54 Å². The highest BCUT2D eigenvalue weighted by Gasteiger charge is 2.00. The van der Waals surface area contributed by atoms with Crippen LogP contribution in [0.1, 0.15) is 63.9 Å². The van der Waals surface area contributed by atoms with Crippen LogP contribution in [0, 0.1) is 6.92 Å². The molecule has 1 N–H and O–H groups in total. The maximum atomic E-state index is 11.5. The molecule has 0 aliphatic heterocycles. The first-order valence-corrected chi connectivity index (χ1v) is 7.45. The Morgan fingerprint density at radius 2 is 1.58 bits per heavy atom. The van der Waals surface area contributed by atoms with Gasteiger partial charge < -0.3 is 4.57 Å². The lowest BCUT2D eigenvalue weighted by atomic mass is 10.1. The van der Waals surface area contributed by atoms with E-state index in [0.717, 1.165) is 12.8 Å². The molecule has 0 spiro atoms. The summed E-state index contributed by atoms with van der Waals surface area (Å²) in [7, 11) is 0. The van der Waals surface area contributed by atoms with E-state index in [2.05, 4.69) is 11.9 Å². The Morgan fingerprint density at radius 3 is 2.21 bits per heavy atom. The molecule has 0 aromatic carbocycles. The van der Waals surface area contributed by atoms with Crippen LogP contribution in [0.25, 0.3) is 0 Å². The summed E-state index contributed by atoms with van der Waals surface area (Å²) < 4.78 is 1.60. The number of aromatic nitrogens is 2. The van der Waals surface area contributed by atoms with Crippen molar-refractivity contribution < 1.29 is 0 Å². The quantitative estimate of drug-likeness (QED) is 0.699. The summed E-state index contributed by atoms with van der Waals surface area (Å²) in [4.78, 5) is 25.1. The van der Waals surface area contributed by atoms with Gasteiger partial charge in [0, 0.05) is 18.3 Å². The van der Waals surface area contributed by atoms with Crippen molar-refractivity contribution in [1.82, 2.24) is 9.55 Å². The summed E-state index contributed by atoms with van der Waals surface area (Å²) in [5, 5.41) is 0. The zero-order valence-electron chi connectivity index (χ0n) is 12.2. The Kier molecular flexibility index (Phi) is 7.23. The molecule has 0 saturated carbocycles. The van der Waals surface area contributed by atoms with Crippen molar-refractivity contribution in [2.45, 2.75) is 71.8 Å². The molecule has 108 valence electrons. The Morgan fingerprint density at radius 1 is 1.00 bits per heavy atom. The van der Waals surface area contributed by atoms with Gasteiger partial charge in [0.1, 0.15) is 0 Å². The second-order valence-electron chi connectivity index (χ2n) is 5.24. The van der Waals surface area contributed by atoms with Crippen molar-refractivity contribution in [3.8, 4) is 0 Å². The molecule has 0 atom stereocenters. The molecule has 0 saturated heterocycles. The van der Waals surface area contributed by atoms with Gasteiger partial charge in [0.2, 0.25) is 0 Å². The molecule has 4 nitrogen and oxygen atoms in total. The third kappa shape index (κ3) is 5.90. The molecular weight excluding hydrogens is 240 g/mol. The van der Waals surface area contributed by atoms with Gasteiger partial charge in [-0.05, 0) is 13.3 Å². The van der Waals surface area contributed by atoms with Crippen molar-refractivity contribution in [2.24, 2.45) is 0 Å². The van der Waals surface area contributed by atoms with Gasteiger partial charge in [0.25, 0.3) is 5.56 Å². The molecule has 0 fully saturated rings. The predicted octanol–water partition coefficient (Wildman–Crippen LogP) is 2.99. The predicted molar refractivity (Wildman–Crippen MR) is 78.7 cm³/mol. The summed E-state index contributed by atoms with van der Waals surface area (Å²) in [5.41, 5.74) is 0.0230. The first kappa shape index (κ1) is 15.7. The standard InChI is InChI=1S/C15H26N2O2/c1-3-4-5-6-7-8-9-10-11-17-12-13(2)14(18)16-15(17)19/h12H,3-11H2,1-2H3,(H,16,18,19). The fraction of sp³-hybridized carbons (Fsp3) is 0.733.